The van der Waals surface area contributed by atoms with Crippen LogP contribution in [0, 0.1) is 5.92 Å². The summed E-state index contributed by atoms with van der Waals surface area (Å²) in [6.45, 7) is 18.5. The Balaban J connectivity index is 2.09. The van der Waals surface area contributed by atoms with Crippen LogP contribution < -0.4 is 10.6 Å². The Bertz CT molecular complexity index is 1420. The van der Waals surface area contributed by atoms with Crippen molar-refractivity contribution in [3.8, 4) is 0 Å². The van der Waals surface area contributed by atoms with Gasteiger partial charge in [0.1, 0.15) is 17.7 Å². The van der Waals surface area contributed by atoms with E-state index < -0.39 is 29.3 Å². The summed E-state index contributed by atoms with van der Waals surface area (Å²) in [5.41, 5.74) is 0.539. The van der Waals surface area contributed by atoms with Crippen LogP contribution in [0.1, 0.15) is 72.6 Å². The number of alkyl carbamates (subject to hydrolysis) is 1. The molecule has 0 spiro atoms. The summed E-state index contributed by atoms with van der Waals surface area (Å²) in [5, 5.41) is 7.85. The highest BCUT2D eigenvalue weighted by molar-refractivity contribution is 6.00. The van der Waals surface area contributed by atoms with Crippen LogP contribution in [0.4, 0.5) is 10.5 Å². The Hall–Kier alpha value is -4.13. The lowest BCUT2D eigenvalue weighted by atomic mass is 9.92. The summed E-state index contributed by atoms with van der Waals surface area (Å²) in [7, 11) is 0. The zero-order chi connectivity index (χ0) is 30.5. The Morgan fingerprint density at radius 3 is 2.12 bits per heavy atom. The van der Waals surface area contributed by atoms with Crippen molar-refractivity contribution in [1.29, 1.82) is 0 Å². The van der Waals surface area contributed by atoms with Crippen LogP contribution >= 0.6 is 0 Å². The van der Waals surface area contributed by atoms with Crippen molar-refractivity contribution < 1.29 is 19.1 Å². The lowest BCUT2D eigenvalue weighted by molar-refractivity contribution is -0.147. The molecule has 0 saturated carbocycles. The maximum atomic E-state index is 14.4. The van der Waals surface area contributed by atoms with Crippen LogP contribution in [0.5, 0.6) is 0 Å². The zero-order valence-electron chi connectivity index (χ0n) is 25.4. The summed E-state index contributed by atoms with van der Waals surface area (Å²) in [6, 6.07) is 19.1. The Morgan fingerprint density at radius 1 is 0.878 bits per heavy atom. The fourth-order valence-corrected chi connectivity index (χ4v) is 4.69. The van der Waals surface area contributed by atoms with Gasteiger partial charge in [0, 0.05) is 11.2 Å². The van der Waals surface area contributed by atoms with Gasteiger partial charge in [0.05, 0.1) is 0 Å². The number of benzene rings is 3. The number of nitrogens with one attached hydrogen (secondary N) is 2. The summed E-state index contributed by atoms with van der Waals surface area (Å²) in [5.74, 6) is -1.03. The second-order valence-electron chi connectivity index (χ2n) is 12.6. The minimum atomic E-state index is -1.00. The molecule has 3 amide bonds. The first-order valence-corrected chi connectivity index (χ1v) is 14.0. The molecule has 0 aliphatic heterocycles. The van der Waals surface area contributed by atoms with Crippen molar-refractivity contribution >= 4 is 40.4 Å². The summed E-state index contributed by atoms with van der Waals surface area (Å²) < 4.78 is 5.46. The Morgan fingerprint density at radius 2 is 1.54 bits per heavy atom. The predicted molar refractivity (Wildman–Crippen MR) is 166 cm³/mol. The molecule has 0 saturated heterocycles. The van der Waals surface area contributed by atoms with Crippen LogP contribution in [0.3, 0.4) is 0 Å². The van der Waals surface area contributed by atoms with Gasteiger partial charge in [-0.25, -0.2) is 4.79 Å². The average Bonchev–Trinajstić information content (AvgIpc) is 2.88. The van der Waals surface area contributed by atoms with Gasteiger partial charge in [0.25, 0.3) is 5.91 Å². The molecule has 0 aromatic heterocycles. The number of ether oxygens (including phenoxy) is 1. The third-order valence-corrected chi connectivity index (χ3v) is 6.55. The number of carbonyl (C=O) groups is 3. The number of amides is 3. The van der Waals surface area contributed by atoms with E-state index in [0.29, 0.717) is 11.3 Å². The van der Waals surface area contributed by atoms with Crippen LogP contribution in [0.15, 0.2) is 73.3 Å². The van der Waals surface area contributed by atoms with Crippen molar-refractivity contribution in [2.75, 3.05) is 5.32 Å². The molecular weight excluding hydrogens is 514 g/mol. The molecule has 3 aromatic rings. The van der Waals surface area contributed by atoms with Crippen molar-refractivity contribution in [2.24, 2.45) is 5.92 Å². The predicted octanol–water partition coefficient (Wildman–Crippen LogP) is 7.34. The van der Waals surface area contributed by atoms with E-state index in [4.69, 9.17) is 4.74 Å². The molecule has 0 aliphatic carbocycles. The number of hydrogen-bond acceptors (Lipinski definition) is 4. The molecule has 0 heterocycles. The normalized spacial score (nSPS) is 13.3. The van der Waals surface area contributed by atoms with Crippen molar-refractivity contribution in [3.05, 3.63) is 84.4 Å². The van der Waals surface area contributed by atoms with E-state index >= 15 is 0 Å². The van der Waals surface area contributed by atoms with E-state index in [1.54, 1.807) is 31.7 Å². The highest BCUT2D eigenvalue weighted by atomic mass is 16.6. The second-order valence-corrected chi connectivity index (χ2v) is 12.6. The topological polar surface area (TPSA) is 87.7 Å². The molecule has 3 aromatic carbocycles. The standard InChI is InChI=1S/C34H43N3O4/c1-10-23-14-13-17-26(20-23)29(30(38)35-27-19-18-24-15-11-12-16-25(24)21-27)37(33(4,5)6)31(39)28(22(2)3)36-32(40)41-34(7,8)9/h10-22,28-29H,1H2,2-9H3,(H,35,38)(H,36,40). The second kappa shape index (κ2) is 12.6. The SMILES string of the molecule is C=Cc1cccc(C(C(=O)Nc2ccc3ccccc3c2)N(C(=O)C(NC(=O)OC(C)(C)C)C(C)C)C(C)(C)C)c1. The molecular formula is C34H43N3O4. The fraction of sp³-hybridized carbons (Fsp3) is 0.382. The Labute approximate surface area is 244 Å². The molecule has 3 rings (SSSR count). The quantitative estimate of drug-likeness (QED) is 0.303. The van der Waals surface area contributed by atoms with Crippen LogP contribution in [0.25, 0.3) is 16.8 Å². The lowest BCUT2D eigenvalue weighted by Gasteiger charge is -2.43. The van der Waals surface area contributed by atoms with E-state index in [1.807, 2.05) is 101 Å². The molecule has 2 N–H and O–H groups in total. The van der Waals surface area contributed by atoms with E-state index in [1.165, 1.54) is 0 Å². The molecule has 0 bridgehead atoms. The number of carbonyl (C=O) groups excluding carboxylic acids is 3. The molecule has 7 nitrogen and oxygen atoms in total. The monoisotopic (exact) mass is 557 g/mol. The van der Waals surface area contributed by atoms with Gasteiger partial charge in [-0.05, 0) is 87.6 Å². The van der Waals surface area contributed by atoms with Gasteiger partial charge in [-0.3, -0.25) is 9.59 Å². The van der Waals surface area contributed by atoms with E-state index in [2.05, 4.69) is 17.2 Å². The maximum absolute atomic E-state index is 14.4. The van der Waals surface area contributed by atoms with Crippen molar-refractivity contribution in [1.82, 2.24) is 10.2 Å². The molecule has 41 heavy (non-hydrogen) atoms. The molecule has 0 fully saturated rings. The molecule has 7 heteroatoms. The highest BCUT2D eigenvalue weighted by Crippen LogP contribution is 2.33. The zero-order valence-corrected chi connectivity index (χ0v) is 25.4. The van der Waals surface area contributed by atoms with Gasteiger partial charge in [-0.15, -0.1) is 0 Å². The van der Waals surface area contributed by atoms with Crippen LogP contribution in [-0.2, 0) is 14.3 Å². The van der Waals surface area contributed by atoms with E-state index in [9.17, 15) is 14.4 Å². The fourth-order valence-electron chi connectivity index (χ4n) is 4.69. The molecule has 0 aliphatic rings. The molecule has 2 atom stereocenters. The molecule has 218 valence electrons. The maximum Gasteiger partial charge on any atom is 0.408 e. The van der Waals surface area contributed by atoms with Gasteiger partial charge < -0.3 is 20.3 Å². The van der Waals surface area contributed by atoms with Gasteiger partial charge >= 0.3 is 6.09 Å². The van der Waals surface area contributed by atoms with E-state index in [0.717, 1.165) is 16.3 Å². The Kier molecular flexibility index (Phi) is 9.64. The first-order valence-electron chi connectivity index (χ1n) is 14.0. The van der Waals surface area contributed by atoms with Gasteiger partial charge in [0.2, 0.25) is 5.91 Å². The number of hydrogen-bond donors (Lipinski definition) is 2. The smallest absolute Gasteiger partial charge is 0.408 e. The minimum absolute atomic E-state index is 0.274. The molecule has 2 unspecified atom stereocenters. The van der Waals surface area contributed by atoms with Crippen LogP contribution in [0.2, 0.25) is 0 Å². The first-order chi connectivity index (χ1) is 19.1. The minimum Gasteiger partial charge on any atom is -0.444 e. The number of rotatable bonds is 8. The third-order valence-electron chi connectivity index (χ3n) is 6.55. The summed E-state index contributed by atoms with van der Waals surface area (Å²) in [6.07, 6.45) is 1.01. The van der Waals surface area contributed by atoms with Gasteiger partial charge in [-0.1, -0.05) is 75.0 Å². The number of nitrogens with zero attached hydrogens (tertiary/aromatic N) is 1. The highest BCUT2D eigenvalue weighted by Gasteiger charge is 2.42. The number of anilines is 1. The van der Waals surface area contributed by atoms with Crippen molar-refractivity contribution in [2.45, 2.75) is 78.6 Å². The largest absolute Gasteiger partial charge is 0.444 e. The summed E-state index contributed by atoms with van der Waals surface area (Å²) >= 11 is 0. The number of fused-ring (bicyclic) bond motifs is 1. The summed E-state index contributed by atoms with van der Waals surface area (Å²) in [4.78, 5) is 42.9. The third kappa shape index (κ3) is 8.19. The van der Waals surface area contributed by atoms with Crippen LogP contribution in [-0.4, -0.2) is 40.0 Å². The first kappa shape index (κ1) is 31.4. The average molecular weight is 558 g/mol. The van der Waals surface area contributed by atoms with E-state index in [-0.39, 0.29) is 17.7 Å². The van der Waals surface area contributed by atoms with Crippen molar-refractivity contribution in [3.63, 3.8) is 0 Å². The van der Waals surface area contributed by atoms with Gasteiger partial charge in [0.15, 0.2) is 0 Å². The van der Waals surface area contributed by atoms with Gasteiger partial charge in [-0.2, -0.15) is 0 Å². The lowest BCUT2D eigenvalue weighted by Crippen LogP contribution is -2.59. The molecule has 0 radical (unpaired) electrons.